The van der Waals surface area contributed by atoms with Gasteiger partial charge in [0.05, 0.1) is 0 Å². The molecule has 3 saturated carbocycles. The lowest BCUT2D eigenvalue weighted by Gasteiger charge is -2.62. The zero-order valence-corrected chi connectivity index (χ0v) is 16.5. The van der Waals surface area contributed by atoms with Crippen LogP contribution in [-0.4, -0.2) is 40.2 Å². The van der Waals surface area contributed by atoms with E-state index in [1.165, 1.54) is 0 Å². The molecule has 0 radical (unpaired) electrons. The Kier molecular flexibility index (Phi) is 4.25. The van der Waals surface area contributed by atoms with Crippen molar-refractivity contribution in [2.45, 2.75) is 71.1 Å². The molecule has 4 rings (SSSR count). The predicted octanol–water partition coefficient (Wildman–Crippen LogP) is 3.00. The predicted molar refractivity (Wildman–Crippen MR) is 98.6 cm³/mol. The maximum absolute atomic E-state index is 16.9. The number of carbonyl (C=O) groups excluding carboxylic acids is 2. The van der Waals surface area contributed by atoms with Crippen LogP contribution in [-0.2, 0) is 9.59 Å². The normalized spacial score (nSPS) is 51.9. The van der Waals surface area contributed by atoms with Crippen LogP contribution in [0.25, 0.3) is 0 Å². The van der Waals surface area contributed by atoms with Crippen molar-refractivity contribution >= 4 is 11.6 Å². The van der Waals surface area contributed by atoms with Gasteiger partial charge >= 0.3 is 0 Å². The first-order valence-corrected chi connectivity index (χ1v) is 10.4. The molecule has 2 N–H and O–H groups in total. The first kappa shape index (κ1) is 19.3. The molecule has 2 unspecified atom stereocenters. The summed E-state index contributed by atoms with van der Waals surface area (Å²) in [7, 11) is 0. The van der Waals surface area contributed by atoms with Crippen LogP contribution in [0.3, 0.4) is 0 Å². The van der Waals surface area contributed by atoms with Gasteiger partial charge in [0.1, 0.15) is 18.4 Å². The molecule has 0 saturated heterocycles. The molecule has 4 nitrogen and oxygen atoms in total. The molecule has 0 aromatic heterocycles. The van der Waals surface area contributed by atoms with Crippen LogP contribution in [0, 0.1) is 34.5 Å². The molecule has 150 valence electrons. The van der Waals surface area contributed by atoms with E-state index in [1.807, 2.05) is 6.92 Å². The second-order valence-corrected chi connectivity index (χ2v) is 9.84. The monoisotopic (exact) mass is 378 g/mol. The number of hydrogen-bond acceptors (Lipinski definition) is 4. The van der Waals surface area contributed by atoms with Crippen molar-refractivity contribution in [2.75, 3.05) is 6.61 Å². The van der Waals surface area contributed by atoms with Crippen molar-refractivity contribution in [1.82, 2.24) is 0 Å². The van der Waals surface area contributed by atoms with Crippen LogP contribution in [0.4, 0.5) is 4.39 Å². The summed E-state index contributed by atoms with van der Waals surface area (Å²) < 4.78 is 16.9. The minimum absolute atomic E-state index is 0.101. The van der Waals surface area contributed by atoms with E-state index in [-0.39, 0.29) is 34.7 Å². The van der Waals surface area contributed by atoms with Gasteiger partial charge < -0.3 is 10.2 Å². The highest BCUT2D eigenvalue weighted by Crippen LogP contribution is 2.70. The average molecular weight is 378 g/mol. The van der Waals surface area contributed by atoms with Crippen LogP contribution in [0.5, 0.6) is 0 Å². The summed E-state index contributed by atoms with van der Waals surface area (Å²) in [6.07, 6.45) is 4.35. The van der Waals surface area contributed by atoms with E-state index >= 15 is 4.39 Å². The Morgan fingerprint density at radius 3 is 2.59 bits per heavy atom. The topological polar surface area (TPSA) is 74.6 Å². The van der Waals surface area contributed by atoms with Crippen molar-refractivity contribution in [3.8, 4) is 0 Å². The Hall–Kier alpha value is -1.07. The summed E-state index contributed by atoms with van der Waals surface area (Å²) in [5, 5.41) is 19.5. The molecular formula is C22H31FO4. The Bertz CT molecular complexity index is 717. The molecule has 3 fully saturated rings. The number of halogens is 1. The first-order valence-electron chi connectivity index (χ1n) is 10.4. The number of carbonyl (C=O) groups is 2. The number of hydrogen-bond donors (Lipinski definition) is 2. The Morgan fingerprint density at radius 2 is 1.93 bits per heavy atom. The molecule has 5 heteroatoms. The third-order valence-corrected chi connectivity index (χ3v) is 9.25. The molecular weight excluding hydrogens is 347 g/mol. The summed E-state index contributed by atoms with van der Waals surface area (Å²) >= 11 is 0. The molecule has 4 aliphatic carbocycles. The lowest BCUT2D eigenvalue weighted by molar-refractivity contribution is -0.171. The molecule has 0 heterocycles. The fourth-order valence-electron chi connectivity index (χ4n) is 7.50. The van der Waals surface area contributed by atoms with Gasteiger partial charge in [-0.25, -0.2) is 4.39 Å². The maximum atomic E-state index is 16.9. The highest BCUT2D eigenvalue weighted by atomic mass is 19.1. The SMILES string of the molecule is CC1C(=O)C(O)C=C2CC[C@H]3[C@@H]4CC[C@H](C(=O)CO)[C@@]4(C)CC[C@]3(F)[C@]21C. The second-order valence-electron chi connectivity index (χ2n) is 9.84. The molecule has 0 aliphatic heterocycles. The molecule has 0 bridgehead atoms. The van der Waals surface area contributed by atoms with Crippen LogP contribution in [0.15, 0.2) is 11.6 Å². The average Bonchev–Trinajstić information content (AvgIpc) is 2.99. The first-order chi connectivity index (χ1) is 12.6. The zero-order chi connectivity index (χ0) is 19.8. The van der Waals surface area contributed by atoms with E-state index < -0.39 is 29.7 Å². The molecule has 8 atom stereocenters. The third-order valence-electron chi connectivity index (χ3n) is 9.25. The van der Waals surface area contributed by atoms with Crippen LogP contribution in [0.1, 0.15) is 59.3 Å². The summed E-state index contributed by atoms with van der Waals surface area (Å²) in [5.41, 5.74) is -1.75. The van der Waals surface area contributed by atoms with Crippen molar-refractivity contribution in [1.29, 1.82) is 0 Å². The zero-order valence-electron chi connectivity index (χ0n) is 16.5. The third kappa shape index (κ3) is 2.21. The molecule has 0 amide bonds. The Balaban J connectivity index is 1.75. The quantitative estimate of drug-likeness (QED) is 0.725. The minimum Gasteiger partial charge on any atom is -0.389 e. The van der Waals surface area contributed by atoms with E-state index in [9.17, 15) is 19.8 Å². The summed E-state index contributed by atoms with van der Waals surface area (Å²) in [6, 6.07) is 0. The standard InChI is InChI=1S/C22H31FO4/c1-12-19(27)17(25)10-13-4-5-15-14-6-7-16(18(26)11-24)20(14,2)8-9-22(15,23)21(12,13)3/h10,12,14-17,24-25H,4-9,11H2,1-3H3/t12?,14-,15-,16+,17?,20-,21-,22+/m0/s1. The number of aliphatic hydroxyl groups is 2. The molecule has 0 aromatic carbocycles. The molecule has 4 aliphatic rings. The van der Waals surface area contributed by atoms with Gasteiger partial charge in [-0.15, -0.1) is 0 Å². The van der Waals surface area contributed by atoms with E-state index in [0.717, 1.165) is 18.4 Å². The van der Waals surface area contributed by atoms with Gasteiger partial charge in [-0.2, -0.15) is 0 Å². The highest BCUT2D eigenvalue weighted by molar-refractivity contribution is 5.89. The lowest BCUT2D eigenvalue weighted by atomic mass is 9.43. The van der Waals surface area contributed by atoms with Crippen LogP contribution in [0.2, 0.25) is 0 Å². The Morgan fingerprint density at radius 1 is 1.22 bits per heavy atom. The lowest BCUT2D eigenvalue weighted by Crippen LogP contribution is -2.64. The molecule has 0 spiro atoms. The summed E-state index contributed by atoms with van der Waals surface area (Å²) in [6.45, 7) is 5.32. The molecule has 0 aromatic rings. The van der Waals surface area contributed by atoms with E-state index in [2.05, 4.69) is 6.92 Å². The van der Waals surface area contributed by atoms with E-state index in [4.69, 9.17) is 0 Å². The van der Waals surface area contributed by atoms with Gasteiger partial charge in [-0.3, -0.25) is 9.59 Å². The smallest absolute Gasteiger partial charge is 0.168 e. The fraction of sp³-hybridized carbons (Fsp3) is 0.818. The van der Waals surface area contributed by atoms with Crippen molar-refractivity contribution < 1.29 is 24.2 Å². The number of Topliss-reactive ketones (excluding diaryl/α,β-unsaturated/α-hetero) is 2. The number of aliphatic hydroxyl groups excluding tert-OH is 2. The number of alkyl halides is 1. The van der Waals surface area contributed by atoms with Gasteiger partial charge in [0.2, 0.25) is 0 Å². The summed E-state index contributed by atoms with van der Waals surface area (Å²) in [5.74, 6) is -1.22. The number of rotatable bonds is 2. The molecule has 27 heavy (non-hydrogen) atoms. The second kappa shape index (κ2) is 5.96. The van der Waals surface area contributed by atoms with Gasteiger partial charge in [0.15, 0.2) is 11.6 Å². The summed E-state index contributed by atoms with van der Waals surface area (Å²) in [4.78, 5) is 24.9. The Labute approximate surface area is 160 Å². The van der Waals surface area contributed by atoms with Gasteiger partial charge in [0, 0.05) is 17.3 Å². The van der Waals surface area contributed by atoms with Gasteiger partial charge in [-0.1, -0.05) is 26.3 Å². The largest absolute Gasteiger partial charge is 0.389 e. The van der Waals surface area contributed by atoms with Crippen molar-refractivity contribution in [3.63, 3.8) is 0 Å². The highest BCUT2D eigenvalue weighted by Gasteiger charge is 2.69. The number of allylic oxidation sites excluding steroid dienone is 1. The number of fused-ring (bicyclic) bond motifs is 5. The van der Waals surface area contributed by atoms with Gasteiger partial charge in [-0.05, 0) is 61.9 Å². The van der Waals surface area contributed by atoms with Crippen molar-refractivity contribution in [3.05, 3.63) is 11.6 Å². The van der Waals surface area contributed by atoms with Crippen molar-refractivity contribution in [2.24, 2.45) is 34.5 Å². The minimum atomic E-state index is -1.49. The van der Waals surface area contributed by atoms with Crippen LogP contribution < -0.4 is 0 Å². The van der Waals surface area contributed by atoms with Crippen LogP contribution >= 0.6 is 0 Å². The fourth-order valence-corrected chi connectivity index (χ4v) is 7.50. The maximum Gasteiger partial charge on any atom is 0.168 e. The van der Waals surface area contributed by atoms with E-state index in [1.54, 1.807) is 13.0 Å². The number of ketones is 2. The van der Waals surface area contributed by atoms with Gasteiger partial charge in [0.25, 0.3) is 0 Å². The van der Waals surface area contributed by atoms with E-state index in [0.29, 0.717) is 25.7 Å².